The SMILES string of the molecule is CCc1cccc(C)c1N1C[C@H](c2nc(-c3cccnn3)no2)CC1=O. The Labute approximate surface area is 151 Å². The van der Waals surface area contributed by atoms with Crippen molar-refractivity contribution in [1.82, 2.24) is 20.3 Å². The molecule has 4 rings (SSSR count). The highest BCUT2D eigenvalue weighted by Crippen LogP contribution is 2.35. The molecule has 26 heavy (non-hydrogen) atoms. The Morgan fingerprint density at radius 2 is 2.15 bits per heavy atom. The van der Waals surface area contributed by atoms with Crippen molar-refractivity contribution in [2.24, 2.45) is 0 Å². The molecule has 1 atom stereocenters. The van der Waals surface area contributed by atoms with Gasteiger partial charge in [-0.15, -0.1) is 5.10 Å². The zero-order valence-electron chi connectivity index (χ0n) is 14.7. The van der Waals surface area contributed by atoms with Gasteiger partial charge in [0, 0.05) is 24.8 Å². The summed E-state index contributed by atoms with van der Waals surface area (Å²) in [5.74, 6) is 0.820. The minimum atomic E-state index is -0.121. The first-order valence-electron chi connectivity index (χ1n) is 8.68. The van der Waals surface area contributed by atoms with Crippen LogP contribution < -0.4 is 4.90 Å². The van der Waals surface area contributed by atoms with Gasteiger partial charge >= 0.3 is 0 Å². The molecule has 0 aliphatic carbocycles. The number of aryl methyl sites for hydroxylation is 2. The van der Waals surface area contributed by atoms with Gasteiger partial charge < -0.3 is 9.42 Å². The van der Waals surface area contributed by atoms with Crippen molar-refractivity contribution in [1.29, 1.82) is 0 Å². The van der Waals surface area contributed by atoms with Crippen LogP contribution in [0.3, 0.4) is 0 Å². The highest BCUT2D eigenvalue weighted by Gasteiger charge is 2.36. The van der Waals surface area contributed by atoms with E-state index in [0.717, 1.165) is 17.7 Å². The Hall–Kier alpha value is -3.09. The second-order valence-corrected chi connectivity index (χ2v) is 6.41. The third-order valence-corrected chi connectivity index (χ3v) is 4.69. The number of carbonyl (C=O) groups excluding carboxylic acids is 1. The average Bonchev–Trinajstić information content (AvgIpc) is 3.29. The van der Waals surface area contributed by atoms with E-state index in [1.807, 2.05) is 24.0 Å². The van der Waals surface area contributed by atoms with Crippen LogP contribution in [0.15, 0.2) is 41.1 Å². The molecule has 1 aromatic carbocycles. The minimum Gasteiger partial charge on any atom is -0.339 e. The van der Waals surface area contributed by atoms with Gasteiger partial charge in [0.1, 0.15) is 5.69 Å². The Bertz CT molecular complexity index is 938. The van der Waals surface area contributed by atoms with Crippen LogP contribution in [0.4, 0.5) is 5.69 Å². The van der Waals surface area contributed by atoms with Gasteiger partial charge in [-0.3, -0.25) is 4.79 Å². The van der Waals surface area contributed by atoms with Crippen LogP contribution in [-0.4, -0.2) is 32.8 Å². The fourth-order valence-electron chi connectivity index (χ4n) is 3.41. The largest absolute Gasteiger partial charge is 0.339 e. The van der Waals surface area contributed by atoms with E-state index in [9.17, 15) is 4.79 Å². The number of hydrogen-bond acceptors (Lipinski definition) is 6. The molecule has 0 saturated carbocycles. The van der Waals surface area contributed by atoms with Crippen LogP contribution in [0.2, 0.25) is 0 Å². The normalized spacial score (nSPS) is 17.1. The van der Waals surface area contributed by atoms with Crippen LogP contribution in [-0.2, 0) is 11.2 Å². The van der Waals surface area contributed by atoms with Crippen molar-refractivity contribution in [3.05, 3.63) is 53.5 Å². The van der Waals surface area contributed by atoms with E-state index in [1.165, 1.54) is 5.56 Å². The second kappa shape index (κ2) is 6.67. The van der Waals surface area contributed by atoms with Gasteiger partial charge in [0.05, 0.1) is 5.92 Å². The Balaban J connectivity index is 1.61. The fourth-order valence-corrected chi connectivity index (χ4v) is 3.41. The van der Waals surface area contributed by atoms with Crippen LogP contribution >= 0.6 is 0 Å². The van der Waals surface area contributed by atoms with Crippen molar-refractivity contribution in [3.63, 3.8) is 0 Å². The molecule has 1 aliphatic heterocycles. The molecule has 0 bridgehead atoms. The molecular weight excluding hydrogens is 330 g/mol. The first-order chi connectivity index (χ1) is 12.7. The maximum absolute atomic E-state index is 12.7. The lowest BCUT2D eigenvalue weighted by molar-refractivity contribution is -0.117. The lowest BCUT2D eigenvalue weighted by Crippen LogP contribution is -2.26. The number of amides is 1. The van der Waals surface area contributed by atoms with Crippen molar-refractivity contribution < 1.29 is 9.32 Å². The van der Waals surface area contributed by atoms with E-state index in [-0.39, 0.29) is 11.8 Å². The van der Waals surface area contributed by atoms with Gasteiger partial charge in [-0.2, -0.15) is 10.1 Å². The van der Waals surface area contributed by atoms with Gasteiger partial charge in [0.15, 0.2) is 0 Å². The van der Waals surface area contributed by atoms with Gasteiger partial charge in [0.2, 0.25) is 17.6 Å². The minimum absolute atomic E-state index is 0.0817. The number of aromatic nitrogens is 4. The number of nitrogens with zero attached hydrogens (tertiary/aromatic N) is 5. The zero-order valence-corrected chi connectivity index (χ0v) is 14.7. The standard InChI is InChI=1S/C19H19N5O2/c1-3-13-7-4-6-12(2)17(13)24-11-14(10-16(24)25)19-21-18(23-26-19)15-8-5-9-20-22-15/h4-9,14H,3,10-11H2,1-2H3/t14-/m1/s1. The average molecular weight is 349 g/mol. The number of rotatable bonds is 4. The molecule has 2 aromatic heterocycles. The summed E-state index contributed by atoms with van der Waals surface area (Å²) >= 11 is 0. The number of carbonyl (C=O) groups is 1. The molecule has 7 heteroatoms. The molecule has 1 amide bonds. The lowest BCUT2D eigenvalue weighted by atomic mass is 10.0. The molecule has 1 fully saturated rings. The van der Waals surface area contributed by atoms with Crippen LogP contribution in [0, 0.1) is 6.92 Å². The van der Waals surface area contributed by atoms with Crippen molar-refractivity contribution in [3.8, 4) is 11.5 Å². The highest BCUT2D eigenvalue weighted by molar-refractivity contribution is 5.97. The van der Waals surface area contributed by atoms with Gasteiger partial charge in [-0.25, -0.2) is 0 Å². The lowest BCUT2D eigenvalue weighted by Gasteiger charge is -2.22. The molecule has 0 N–H and O–H groups in total. The molecule has 1 aliphatic rings. The van der Waals surface area contributed by atoms with Gasteiger partial charge in [-0.1, -0.05) is 30.3 Å². The number of para-hydroxylation sites is 1. The predicted molar refractivity (Wildman–Crippen MR) is 95.6 cm³/mol. The maximum Gasteiger partial charge on any atom is 0.232 e. The van der Waals surface area contributed by atoms with Gasteiger partial charge in [-0.05, 0) is 36.6 Å². The maximum atomic E-state index is 12.7. The summed E-state index contributed by atoms with van der Waals surface area (Å²) in [7, 11) is 0. The van der Waals surface area contributed by atoms with Crippen LogP contribution in [0.5, 0.6) is 0 Å². The van der Waals surface area contributed by atoms with Gasteiger partial charge in [0.25, 0.3) is 0 Å². The molecule has 1 saturated heterocycles. The highest BCUT2D eigenvalue weighted by atomic mass is 16.5. The van der Waals surface area contributed by atoms with Crippen molar-refractivity contribution in [2.75, 3.05) is 11.4 Å². The molecule has 0 unspecified atom stereocenters. The zero-order chi connectivity index (χ0) is 18.1. The number of hydrogen-bond donors (Lipinski definition) is 0. The first kappa shape index (κ1) is 16.4. The van der Waals surface area contributed by atoms with E-state index in [1.54, 1.807) is 18.3 Å². The number of anilines is 1. The fraction of sp³-hybridized carbons (Fsp3) is 0.316. The van der Waals surface area contributed by atoms with Crippen molar-refractivity contribution >= 4 is 11.6 Å². The summed E-state index contributed by atoms with van der Waals surface area (Å²) in [6.45, 7) is 4.67. The van der Waals surface area contributed by atoms with E-state index in [4.69, 9.17) is 4.52 Å². The third-order valence-electron chi connectivity index (χ3n) is 4.69. The molecule has 3 heterocycles. The molecular formula is C19H19N5O2. The molecule has 0 spiro atoms. The quantitative estimate of drug-likeness (QED) is 0.720. The summed E-state index contributed by atoms with van der Waals surface area (Å²) in [4.78, 5) is 19.0. The monoisotopic (exact) mass is 349 g/mol. The molecule has 0 radical (unpaired) electrons. The number of benzene rings is 1. The van der Waals surface area contributed by atoms with E-state index >= 15 is 0 Å². The van der Waals surface area contributed by atoms with E-state index < -0.39 is 0 Å². The smallest absolute Gasteiger partial charge is 0.232 e. The Morgan fingerprint density at radius 1 is 1.27 bits per heavy atom. The molecule has 3 aromatic rings. The topological polar surface area (TPSA) is 85.0 Å². The Kier molecular flexibility index (Phi) is 4.20. The Morgan fingerprint density at radius 3 is 2.92 bits per heavy atom. The van der Waals surface area contributed by atoms with E-state index in [0.29, 0.717) is 30.4 Å². The predicted octanol–water partition coefficient (Wildman–Crippen LogP) is 2.92. The van der Waals surface area contributed by atoms with Crippen LogP contribution in [0.25, 0.3) is 11.5 Å². The summed E-state index contributed by atoms with van der Waals surface area (Å²) < 4.78 is 5.41. The summed E-state index contributed by atoms with van der Waals surface area (Å²) in [6, 6.07) is 9.68. The molecule has 7 nitrogen and oxygen atoms in total. The van der Waals surface area contributed by atoms with E-state index in [2.05, 4.69) is 33.3 Å². The van der Waals surface area contributed by atoms with Crippen LogP contribution in [0.1, 0.15) is 36.3 Å². The summed E-state index contributed by atoms with van der Waals surface area (Å²) in [5, 5.41) is 11.8. The molecule has 132 valence electrons. The van der Waals surface area contributed by atoms with Crippen molar-refractivity contribution in [2.45, 2.75) is 32.6 Å². The second-order valence-electron chi connectivity index (χ2n) is 6.41. The summed E-state index contributed by atoms with van der Waals surface area (Å²) in [5.41, 5.74) is 3.83. The summed E-state index contributed by atoms with van der Waals surface area (Å²) in [6.07, 6.45) is 2.83. The first-order valence-corrected chi connectivity index (χ1v) is 8.68. The third kappa shape index (κ3) is 2.85.